The molecule has 1 amide bonds. The fourth-order valence-corrected chi connectivity index (χ4v) is 6.66. The van der Waals surface area contributed by atoms with Gasteiger partial charge in [-0.2, -0.15) is 4.31 Å². The van der Waals surface area contributed by atoms with E-state index in [1.54, 1.807) is 23.8 Å². The van der Waals surface area contributed by atoms with Gasteiger partial charge in [0.25, 0.3) is 10.0 Å². The summed E-state index contributed by atoms with van der Waals surface area (Å²) in [6.45, 7) is 0.643. The number of carbonyl (C=O) groups is 1. The summed E-state index contributed by atoms with van der Waals surface area (Å²) in [4.78, 5) is 13.7. The third-order valence-corrected chi connectivity index (χ3v) is 9.14. The molecule has 1 aliphatic rings. The van der Waals surface area contributed by atoms with E-state index in [1.165, 1.54) is 27.4 Å². The van der Waals surface area contributed by atoms with Crippen LogP contribution in [0.4, 0.5) is 5.69 Å². The van der Waals surface area contributed by atoms with Gasteiger partial charge in [0.2, 0.25) is 5.91 Å². The van der Waals surface area contributed by atoms with Crippen LogP contribution >= 0.6 is 23.1 Å². The molecule has 1 saturated heterocycles. The molecule has 4 rings (SSSR count). The summed E-state index contributed by atoms with van der Waals surface area (Å²) >= 11 is 2.68. The first-order valence-electron chi connectivity index (χ1n) is 9.40. The van der Waals surface area contributed by atoms with E-state index in [-0.39, 0.29) is 18.4 Å². The number of nitrogens with zero attached hydrogens (tertiary/aromatic N) is 4. The maximum atomic E-state index is 12.8. The predicted molar refractivity (Wildman–Crippen MR) is 116 cm³/mol. The highest BCUT2D eigenvalue weighted by atomic mass is 32.2. The lowest BCUT2D eigenvalue weighted by Gasteiger charge is -2.30. The van der Waals surface area contributed by atoms with Crippen molar-refractivity contribution in [2.45, 2.75) is 27.1 Å². The van der Waals surface area contributed by atoms with Crippen LogP contribution in [0.3, 0.4) is 0 Å². The van der Waals surface area contributed by atoms with Crippen molar-refractivity contribution in [3.05, 3.63) is 48.1 Å². The van der Waals surface area contributed by atoms with Crippen molar-refractivity contribution in [1.82, 2.24) is 19.1 Å². The van der Waals surface area contributed by atoms with Gasteiger partial charge in [0, 0.05) is 30.7 Å². The Kier molecular flexibility index (Phi) is 6.23. The standard InChI is InChI=1S/C19H21N5O3S3/c1-23-13-20-22-19(23)29-16-8-6-15(7-9-16)21-18(25)14-4-2-10-24(12-14)30(26,27)17-5-3-11-28-17/h3,5-9,11,13-14H,2,4,10,12H2,1H3,(H,21,25). The van der Waals surface area contributed by atoms with Crippen LogP contribution in [0.2, 0.25) is 0 Å². The monoisotopic (exact) mass is 463 g/mol. The second-order valence-corrected chi connectivity index (χ2v) is 11.1. The Morgan fingerprint density at radius 2 is 2.07 bits per heavy atom. The van der Waals surface area contributed by atoms with Crippen molar-refractivity contribution in [3.8, 4) is 0 Å². The molecule has 0 aliphatic carbocycles. The summed E-state index contributed by atoms with van der Waals surface area (Å²) in [5.74, 6) is -0.532. The van der Waals surface area contributed by atoms with Crippen LogP contribution in [0, 0.1) is 5.92 Å². The smallest absolute Gasteiger partial charge is 0.252 e. The minimum absolute atomic E-state index is 0.158. The molecule has 158 valence electrons. The Morgan fingerprint density at radius 1 is 1.27 bits per heavy atom. The van der Waals surface area contributed by atoms with E-state index in [9.17, 15) is 13.2 Å². The number of piperidine rings is 1. The number of rotatable bonds is 6. The molecule has 1 unspecified atom stereocenters. The number of thiophene rings is 1. The zero-order valence-electron chi connectivity index (χ0n) is 16.3. The fraction of sp³-hybridized carbons (Fsp3) is 0.316. The lowest BCUT2D eigenvalue weighted by molar-refractivity contribution is -0.120. The Labute approximate surface area is 183 Å². The van der Waals surface area contributed by atoms with E-state index in [4.69, 9.17) is 0 Å². The summed E-state index contributed by atoms with van der Waals surface area (Å²) in [5, 5.41) is 13.3. The number of hydrogen-bond acceptors (Lipinski definition) is 7. The molecular formula is C19H21N5O3S3. The first-order chi connectivity index (χ1) is 14.4. The molecule has 0 spiro atoms. The zero-order valence-corrected chi connectivity index (χ0v) is 18.7. The second-order valence-electron chi connectivity index (χ2n) is 6.97. The van der Waals surface area contributed by atoms with Gasteiger partial charge in [-0.1, -0.05) is 6.07 Å². The SMILES string of the molecule is Cn1cnnc1Sc1ccc(NC(=O)C2CCCN(S(=O)(=O)c3cccs3)C2)cc1. The lowest BCUT2D eigenvalue weighted by atomic mass is 9.99. The maximum absolute atomic E-state index is 12.8. The fourth-order valence-electron chi connectivity index (χ4n) is 3.23. The van der Waals surface area contributed by atoms with Crippen LogP contribution in [0.25, 0.3) is 0 Å². The van der Waals surface area contributed by atoms with Crippen LogP contribution in [0.15, 0.2) is 62.4 Å². The molecule has 1 fully saturated rings. The third kappa shape index (κ3) is 4.59. The average molecular weight is 464 g/mol. The van der Waals surface area contributed by atoms with E-state index in [0.717, 1.165) is 10.1 Å². The molecule has 1 aromatic carbocycles. The Morgan fingerprint density at radius 3 is 2.73 bits per heavy atom. The molecule has 0 radical (unpaired) electrons. The zero-order chi connectivity index (χ0) is 21.1. The summed E-state index contributed by atoms with van der Waals surface area (Å²) in [7, 11) is -1.66. The van der Waals surface area contributed by atoms with E-state index in [1.807, 2.05) is 35.9 Å². The summed E-state index contributed by atoms with van der Waals surface area (Å²) in [6.07, 6.45) is 2.97. The molecule has 0 bridgehead atoms. The highest BCUT2D eigenvalue weighted by Gasteiger charge is 2.33. The topological polar surface area (TPSA) is 97.2 Å². The number of carbonyl (C=O) groups excluding carboxylic acids is 1. The molecular weight excluding hydrogens is 442 g/mol. The third-order valence-electron chi connectivity index (χ3n) is 4.84. The molecule has 1 N–H and O–H groups in total. The van der Waals surface area contributed by atoms with E-state index in [2.05, 4.69) is 15.5 Å². The van der Waals surface area contributed by atoms with Gasteiger partial charge in [0.1, 0.15) is 10.5 Å². The quantitative estimate of drug-likeness (QED) is 0.603. The van der Waals surface area contributed by atoms with Crippen LogP contribution in [-0.4, -0.2) is 46.5 Å². The summed E-state index contributed by atoms with van der Waals surface area (Å²) in [5.41, 5.74) is 0.681. The van der Waals surface area contributed by atoms with Gasteiger partial charge in [-0.3, -0.25) is 4.79 Å². The van der Waals surface area contributed by atoms with Gasteiger partial charge < -0.3 is 9.88 Å². The first-order valence-corrected chi connectivity index (χ1v) is 12.5. The minimum atomic E-state index is -3.54. The van der Waals surface area contributed by atoms with Gasteiger partial charge in [0.05, 0.1) is 5.92 Å². The van der Waals surface area contributed by atoms with E-state index in [0.29, 0.717) is 29.3 Å². The number of benzene rings is 1. The lowest BCUT2D eigenvalue weighted by Crippen LogP contribution is -2.43. The Balaban J connectivity index is 1.38. The van der Waals surface area contributed by atoms with Crippen molar-refractivity contribution in [2.24, 2.45) is 13.0 Å². The van der Waals surface area contributed by atoms with Crippen molar-refractivity contribution >= 4 is 44.7 Å². The molecule has 30 heavy (non-hydrogen) atoms. The predicted octanol–water partition coefficient (Wildman–Crippen LogP) is 3.07. The number of aromatic nitrogens is 3. The molecule has 3 heterocycles. The van der Waals surface area contributed by atoms with Crippen LogP contribution < -0.4 is 5.32 Å². The van der Waals surface area contributed by atoms with E-state index < -0.39 is 10.0 Å². The molecule has 1 aliphatic heterocycles. The van der Waals surface area contributed by atoms with Crippen molar-refractivity contribution in [2.75, 3.05) is 18.4 Å². The van der Waals surface area contributed by atoms with Crippen molar-refractivity contribution in [3.63, 3.8) is 0 Å². The number of anilines is 1. The number of sulfonamides is 1. The van der Waals surface area contributed by atoms with Crippen LogP contribution in [0.5, 0.6) is 0 Å². The van der Waals surface area contributed by atoms with Gasteiger partial charge in [0.15, 0.2) is 5.16 Å². The summed E-state index contributed by atoms with van der Waals surface area (Å²) < 4.78 is 29.1. The molecule has 3 aromatic rings. The minimum Gasteiger partial charge on any atom is -0.326 e. The summed E-state index contributed by atoms with van der Waals surface area (Å²) in [6, 6.07) is 10.8. The molecule has 8 nitrogen and oxygen atoms in total. The number of nitrogens with one attached hydrogen (secondary N) is 1. The Bertz CT molecular complexity index is 1110. The van der Waals surface area contributed by atoms with Gasteiger partial charge in [-0.05, 0) is 60.3 Å². The number of amides is 1. The Hall–Kier alpha value is -2.21. The maximum Gasteiger partial charge on any atom is 0.252 e. The highest BCUT2D eigenvalue weighted by molar-refractivity contribution is 7.99. The number of hydrogen-bond donors (Lipinski definition) is 1. The van der Waals surface area contributed by atoms with Gasteiger partial charge in [-0.25, -0.2) is 8.42 Å². The van der Waals surface area contributed by atoms with Crippen molar-refractivity contribution < 1.29 is 13.2 Å². The average Bonchev–Trinajstić information content (AvgIpc) is 3.42. The molecule has 1 atom stereocenters. The van der Waals surface area contributed by atoms with Gasteiger partial charge in [-0.15, -0.1) is 21.5 Å². The van der Waals surface area contributed by atoms with E-state index >= 15 is 0 Å². The number of aryl methyl sites for hydroxylation is 1. The van der Waals surface area contributed by atoms with Crippen LogP contribution in [-0.2, 0) is 21.9 Å². The van der Waals surface area contributed by atoms with Gasteiger partial charge >= 0.3 is 0 Å². The molecule has 11 heteroatoms. The first kappa shape index (κ1) is 21.0. The molecule has 0 saturated carbocycles. The normalized spacial score (nSPS) is 17.7. The van der Waals surface area contributed by atoms with Crippen molar-refractivity contribution in [1.29, 1.82) is 0 Å². The molecule has 2 aromatic heterocycles. The highest BCUT2D eigenvalue weighted by Crippen LogP contribution is 2.28. The largest absolute Gasteiger partial charge is 0.326 e. The van der Waals surface area contributed by atoms with Crippen LogP contribution in [0.1, 0.15) is 12.8 Å². The second kappa shape index (κ2) is 8.88.